The maximum atomic E-state index is 12.3. The molecule has 132 valence electrons. The smallest absolute Gasteiger partial charge is 0.286 e. The average molecular weight is 363 g/mol. The van der Waals surface area contributed by atoms with Crippen LogP contribution in [0.5, 0.6) is 0 Å². The Morgan fingerprint density at radius 1 is 0.923 bits per heavy atom. The van der Waals surface area contributed by atoms with E-state index in [1.807, 2.05) is 24.3 Å². The highest BCUT2D eigenvalue weighted by atomic mass is 32.2. The van der Waals surface area contributed by atoms with Gasteiger partial charge < -0.3 is 9.80 Å². The first-order valence-corrected chi connectivity index (χ1v) is 9.62. The van der Waals surface area contributed by atoms with Crippen molar-refractivity contribution in [1.82, 2.24) is 9.80 Å². The number of benzene rings is 2. The third-order valence-corrected chi connectivity index (χ3v) is 5.74. The summed E-state index contributed by atoms with van der Waals surface area (Å²) in [4.78, 5) is 21.7. The van der Waals surface area contributed by atoms with Gasteiger partial charge in [0.05, 0.1) is 4.91 Å². The van der Waals surface area contributed by atoms with Crippen LogP contribution in [0.15, 0.2) is 64.5 Å². The Morgan fingerprint density at radius 3 is 2.27 bits per heavy atom. The second-order valence-corrected chi connectivity index (χ2v) is 7.60. The van der Waals surface area contributed by atoms with Gasteiger partial charge in [0.1, 0.15) is 0 Å². The molecule has 1 saturated heterocycles. The van der Waals surface area contributed by atoms with Gasteiger partial charge in [-0.05, 0) is 41.6 Å². The predicted molar refractivity (Wildman–Crippen MR) is 109 cm³/mol. The van der Waals surface area contributed by atoms with Crippen LogP contribution in [-0.2, 0) is 4.79 Å². The largest absolute Gasteiger partial charge is 0.348 e. The average Bonchev–Trinajstić information content (AvgIpc) is 3.04. The topological polar surface area (TPSA) is 35.9 Å². The summed E-state index contributed by atoms with van der Waals surface area (Å²) in [5.74, 6) is -0.129. The van der Waals surface area contributed by atoms with Gasteiger partial charge in [-0.15, -0.1) is 0 Å². The van der Waals surface area contributed by atoms with E-state index >= 15 is 0 Å². The van der Waals surface area contributed by atoms with Gasteiger partial charge in [0.25, 0.3) is 5.91 Å². The minimum atomic E-state index is -0.129. The van der Waals surface area contributed by atoms with E-state index in [0.717, 1.165) is 36.9 Å². The molecule has 0 saturated carbocycles. The summed E-state index contributed by atoms with van der Waals surface area (Å²) in [5, 5.41) is 0.843. The van der Waals surface area contributed by atoms with Crippen LogP contribution in [0.1, 0.15) is 5.56 Å². The first-order valence-electron chi connectivity index (χ1n) is 8.80. The van der Waals surface area contributed by atoms with Gasteiger partial charge >= 0.3 is 0 Å². The molecule has 0 aliphatic carbocycles. The molecule has 0 atom stereocenters. The standard InChI is InChI=1S/C21H21N3OS/c1-23-11-13-24(14-12-23)21-22-20(25)19(26-21)15-16-7-9-18(10-8-16)17-5-3-2-4-6-17/h2-10,15H,11-14H2,1H3/b19-15-. The number of amidine groups is 1. The van der Waals surface area contributed by atoms with Gasteiger partial charge in [0.2, 0.25) is 0 Å². The molecular formula is C21H21N3OS. The molecule has 2 aliphatic heterocycles. The van der Waals surface area contributed by atoms with E-state index in [9.17, 15) is 4.79 Å². The molecule has 4 nitrogen and oxygen atoms in total. The molecule has 4 rings (SSSR count). The summed E-state index contributed by atoms with van der Waals surface area (Å²) < 4.78 is 0. The van der Waals surface area contributed by atoms with Crippen LogP contribution >= 0.6 is 11.8 Å². The fraction of sp³-hybridized carbons (Fsp3) is 0.238. The van der Waals surface area contributed by atoms with Crippen molar-refractivity contribution < 1.29 is 4.79 Å². The summed E-state index contributed by atoms with van der Waals surface area (Å²) in [5.41, 5.74) is 3.39. The lowest BCUT2D eigenvalue weighted by atomic mass is 10.0. The van der Waals surface area contributed by atoms with Crippen molar-refractivity contribution in [2.24, 2.45) is 4.99 Å². The summed E-state index contributed by atoms with van der Waals surface area (Å²) in [7, 11) is 2.12. The Bertz CT molecular complexity index is 851. The molecule has 0 spiro atoms. The summed E-state index contributed by atoms with van der Waals surface area (Å²) >= 11 is 1.49. The normalized spacial score (nSPS) is 19.9. The molecule has 5 heteroatoms. The van der Waals surface area contributed by atoms with E-state index in [-0.39, 0.29) is 5.91 Å². The van der Waals surface area contributed by atoms with E-state index in [1.54, 1.807) is 0 Å². The maximum absolute atomic E-state index is 12.3. The highest BCUT2D eigenvalue weighted by Gasteiger charge is 2.27. The van der Waals surface area contributed by atoms with Crippen LogP contribution < -0.4 is 0 Å². The van der Waals surface area contributed by atoms with Crippen molar-refractivity contribution >= 4 is 28.9 Å². The van der Waals surface area contributed by atoms with Crippen LogP contribution in [0.3, 0.4) is 0 Å². The molecular weight excluding hydrogens is 342 g/mol. The van der Waals surface area contributed by atoms with Crippen molar-refractivity contribution in [3.63, 3.8) is 0 Å². The first-order chi connectivity index (χ1) is 12.7. The van der Waals surface area contributed by atoms with E-state index in [4.69, 9.17) is 0 Å². The molecule has 2 aromatic carbocycles. The maximum Gasteiger partial charge on any atom is 0.286 e. The number of rotatable bonds is 2. The van der Waals surface area contributed by atoms with Crippen molar-refractivity contribution in [3.05, 3.63) is 65.1 Å². The highest BCUT2D eigenvalue weighted by molar-refractivity contribution is 8.18. The Labute approximate surface area is 158 Å². The SMILES string of the molecule is CN1CCN(C2=NC(=O)/C(=C/c3ccc(-c4ccccc4)cc3)S2)CC1. The van der Waals surface area contributed by atoms with Crippen LogP contribution in [-0.4, -0.2) is 54.1 Å². The Balaban J connectivity index is 1.46. The van der Waals surface area contributed by atoms with Crippen molar-refractivity contribution in [2.75, 3.05) is 33.2 Å². The van der Waals surface area contributed by atoms with Gasteiger partial charge in [-0.3, -0.25) is 4.79 Å². The zero-order chi connectivity index (χ0) is 17.9. The minimum absolute atomic E-state index is 0.129. The van der Waals surface area contributed by atoms with Crippen LogP contribution in [0.25, 0.3) is 17.2 Å². The van der Waals surface area contributed by atoms with E-state index in [0.29, 0.717) is 4.91 Å². The fourth-order valence-electron chi connectivity index (χ4n) is 3.08. The number of aliphatic imine (C=N–C) groups is 1. The first kappa shape index (κ1) is 17.1. The molecule has 0 N–H and O–H groups in total. The van der Waals surface area contributed by atoms with Crippen molar-refractivity contribution in [1.29, 1.82) is 0 Å². The van der Waals surface area contributed by atoms with Gasteiger partial charge in [-0.25, -0.2) is 0 Å². The lowest BCUT2D eigenvalue weighted by molar-refractivity contribution is -0.113. The molecule has 0 aromatic heterocycles. The minimum Gasteiger partial charge on any atom is -0.348 e. The zero-order valence-electron chi connectivity index (χ0n) is 14.8. The number of thioether (sulfide) groups is 1. The monoisotopic (exact) mass is 363 g/mol. The molecule has 2 aliphatic rings. The predicted octanol–water partition coefficient (Wildman–Crippen LogP) is 3.57. The second kappa shape index (κ2) is 7.48. The molecule has 0 radical (unpaired) electrons. The number of carbonyl (C=O) groups excluding carboxylic acids is 1. The molecule has 1 fully saturated rings. The number of hydrogen-bond acceptors (Lipinski definition) is 4. The zero-order valence-corrected chi connectivity index (χ0v) is 15.6. The molecule has 2 aromatic rings. The number of nitrogens with zero attached hydrogens (tertiary/aromatic N) is 3. The second-order valence-electron chi connectivity index (χ2n) is 6.59. The van der Waals surface area contributed by atoms with Gasteiger partial charge in [-0.1, -0.05) is 54.6 Å². The Hall–Kier alpha value is -2.37. The third-order valence-electron chi connectivity index (χ3n) is 4.70. The van der Waals surface area contributed by atoms with Crippen molar-refractivity contribution in [2.45, 2.75) is 0 Å². The molecule has 1 amide bonds. The summed E-state index contributed by atoms with van der Waals surface area (Å²) in [6, 6.07) is 18.6. The summed E-state index contributed by atoms with van der Waals surface area (Å²) in [6.07, 6.45) is 1.94. The van der Waals surface area contributed by atoms with Crippen LogP contribution in [0, 0.1) is 0 Å². The van der Waals surface area contributed by atoms with E-state index < -0.39 is 0 Å². The van der Waals surface area contributed by atoms with Gasteiger partial charge in [0, 0.05) is 26.2 Å². The number of amides is 1. The quantitative estimate of drug-likeness (QED) is 0.764. The number of likely N-dealkylation sites (N-methyl/N-ethyl adjacent to an activating group) is 1. The lowest BCUT2D eigenvalue weighted by Gasteiger charge is -2.32. The molecule has 0 bridgehead atoms. The van der Waals surface area contributed by atoms with Crippen LogP contribution in [0.4, 0.5) is 0 Å². The van der Waals surface area contributed by atoms with Crippen LogP contribution in [0.2, 0.25) is 0 Å². The molecule has 26 heavy (non-hydrogen) atoms. The Kier molecular flexibility index (Phi) is 4.91. The Morgan fingerprint density at radius 2 is 1.58 bits per heavy atom. The third kappa shape index (κ3) is 3.74. The molecule has 2 heterocycles. The highest BCUT2D eigenvalue weighted by Crippen LogP contribution is 2.31. The fourth-order valence-corrected chi connectivity index (χ4v) is 4.05. The number of hydrogen-bond donors (Lipinski definition) is 0. The van der Waals surface area contributed by atoms with Gasteiger partial charge in [-0.2, -0.15) is 4.99 Å². The number of piperazine rings is 1. The van der Waals surface area contributed by atoms with E-state index in [1.165, 1.54) is 22.9 Å². The van der Waals surface area contributed by atoms with E-state index in [2.05, 4.69) is 58.2 Å². The number of carbonyl (C=O) groups is 1. The molecule has 0 unspecified atom stereocenters. The van der Waals surface area contributed by atoms with Gasteiger partial charge in [0.15, 0.2) is 5.17 Å². The summed E-state index contributed by atoms with van der Waals surface area (Å²) in [6.45, 7) is 3.87. The lowest BCUT2D eigenvalue weighted by Crippen LogP contribution is -2.46. The van der Waals surface area contributed by atoms with Crippen molar-refractivity contribution in [3.8, 4) is 11.1 Å².